The van der Waals surface area contributed by atoms with E-state index in [1.807, 2.05) is 32.9 Å². The smallest absolute Gasteiger partial charge is 0.237 e. The number of ether oxygens (including phenoxy) is 1. The van der Waals surface area contributed by atoms with E-state index in [4.69, 9.17) is 10.5 Å². The normalized spacial score (nSPS) is 15.6. The first-order valence-corrected chi connectivity index (χ1v) is 6.50. The number of rotatable bonds is 6. The summed E-state index contributed by atoms with van der Waals surface area (Å²) in [5, 5.41) is 2.96. The molecule has 1 aromatic rings. The summed E-state index contributed by atoms with van der Waals surface area (Å²) < 4.78 is 5.88. The van der Waals surface area contributed by atoms with Gasteiger partial charge < -0.3 is 15.8 Å². The number of primary amides is 1. The molecule has 0 spiro atoms. The van der Waals surface area contributed by atoms with Crippen LogP contribution in [0.3, 0.4) is 0 Å². The Balaban J connectivity index is 2.74. The van der Waals surface area contributed by atoms with Gasteiger partial charge in [0.15, 0.2) is 0 Å². The maximum Gasteiger partial charge on any atom is 0.237 e. The highest BCUT2D eigenvalue weighted by molar-refractivity contribution is 5.84. The Hall–Kier alpha value is -1.55. The van der Waals surface area contributed by atoms with Gasteiger partial charge in [-0.05, 0) is 58.0 Å². The zero-order valence-electron chi connectivity index (χ0n) is 12.4. The fraction of sp³-hybridized carbons (Fsp3) is 0.533. The molecule has 19 heavy (non-hydrogen) atoms. The van der Waals surface area contributed by atoms with Crippen molar-refractivity contribution < 1.29 is 9.53 Å². The predicted octanol–water partition coefficient (Wildman–Crippen LogP) is 1.92. The minimum atomic E-state index is -0.752. The minimum Gasteiger partial charge on any atom is -0.491 e. The number of likely N-dealkylation sites (N-methyl/N-ethyl adjacent to an activating group) is 1. The highest BCUT2D eigenvalue weighted by Gasteiger charge is 2.31. The number of amides is 1. The van der Waals surface area contributed by atoms with Gasteiger partial charge in [0.25, 0.3) is 0 Å². The summed E-state index contributed by atoms with van der Waals surface area (Å²) in [6.45, 7) is 7.80. The number of nitrogens with one attached hydrogen (secondary N) is 1. The number of aryl methyl sites for hydroxylation is 2. The first-order valence-electron chi connectivity index (χ1n) is 6.50. The third kappa shape index (κ3) is 4.24. The van der Waals surface area contributed by atoms with Gasteiger partial charge in [-0.25, -0.2) is 0 Å². The third-order valence-electron chi connectivity index (χ3n) is 3.32. The molecule has 0 aliphatic heterocycles. The van der Waals surface area contributed by atoms with Gasteiger partial charge in [0, 0.05) is 6.42 Å². The molecule has 0 saturated heterocycles. The molecule has 0 bridgehead atoms. The summed E-state index contributed by atoms with van der Waals surface area (Å²) >= 11 is 0. The molecule has 2 unspecified atom stereocenters. The lowest BCUT2D eigenvalue weighted by Gasteiger charge is -2.29. The second kappa shape index (κ2) is 6.06. The zero-order valence-corrected chi connectivity index (χ0v) is 12.4. The summed E-state index contributed by atoms with van der Waals surface area (Å²) in [6, 6.07) is 6.08. The van der Waals surface area contributed by atoms with Gasteiger partial charge in [-0.2, -0.15) is 0 Å². The van der Waals surface area contributed by atoms with Gasteiger partial charge in [0.1, 0.15) is 5.75 Å². The SMILES string of the molecule is CNC(C)(CC(C)Oc1cc(C)cc(C)c1)C(N)=O. The van der Waals surface area contributed by atoms with E-state index in [1.165, 1.54) is 0 Å². The van der Waals surface area contributed by atoms with Crippen molar-refractivity contribution in [3.05, 3.63) is 29.3 Å². The molecule has 0 aliphatic carbocycles. The Morgan fingerprint density at radius 1 is 1.37 bits per heavy atom. The van der Waals surface area contributed by atoms with Crippen molar-refractivity contribution in [2.24, 2.45) is 5.73 Å². The van der Waals surface area contributed by atoms with Crippen LogP contribution in [0.5, 0.6) is 5.75 Å². The van der Waals surface area contributed by atoms with Crippen LogP contribution in [0.2, 0.25) is 0 Å². The molecule has 0 aliphatic rings. The number of benzene rings is 1. The molecule has 0 radical (unpaired) electrons. The third-order valence-corrected chi connectivity index (χ3v) is 3.32. The Labute approximate surface area is 115 Å². The molecule has 2 atom stereocenters. The van der Waals surface area contributed by atoms with Crippen LogP contribution in [0.1, 0.15) is 31.4 Å². The van der Waals surface area contributed by atoms with Crippen LogP contribution in [0, 0.1) is 13.8 Å². The van der Waals surface area contributed by atoms with Gasteiger partial charge in [-0.1, -0.05) is 6.07 Å². The molecule has 1 amide bonds. The van der Waals surface area contributed by atoms with Gasteiger partial charge in [-0.15, -0.1) is 0 Å². The molecule has 0 saturated carbocycles. The molecule has 0 aromatic heterocycles. The lowest BCUT2D eigenvalue weighted by Crippen LogP contribution is -2.53. The van der Waals surface area contributed by atoms with Gasteiger partial charge >= 0.3 is 0 Å². The van der Waals surface area contributed by atoms with Gasteiger partial charge in [0.05, 0.1) is 11.6 Å². The number of nitrogens with two attached hydrogens (primary N) is 1. The van der Waals surface area contributed by atoms with E-state index in [1.54, 1.807) is 14.0 Å². The fourth-order valence-corrected chi connectivity index (χ4v) is 2.18. The maximum atomic E-state index is 11.5. The van der Waals surface area contributed by atoms with E-state index in [-0.39, 0.29) is 12.0 Å². The van der Waals surface area contributed by atoms with Gasteiger partial charge in [-0.3, -0.25) is 4.79 Å². The summed E-state index contributed by atoms with van der Waals surface area (Å²) in [5.74, 6) is 0.457. The van der Waals surface area contributed by atoms with E-state index in [2.05, 4.69) is 11.4 Å². The largest absolute Gasteiger partial charge is 0.491 e. The van der Waals surface area contributed by atoms with Crippen LogP contribution in [-0.4, -0.2) is 24.6 Å². The molecular formula is C15H24N2O2. The highest BCUT2D eigenvalue weighted by atomic mass is 16.5. The van der Waals surface area contributed by atoms with E-state index < -0.39 is 5.54 Å². The van der Waals surface area contributed by atoms with Crippen LogP contribution < -0.4 is 15.8 Å². The molecule has 0 heterocycles. The number of carbonyl (C=O) groups is 1. The lowest BCUT2D eigenvalue weighted by molar-refractivity contribution is -0.124. The maximum absolute atomic E-state index is 11.5. The summed E-state index contributed by atoms with van der Waals surface area (Å²) in [5.41, 5.74) is 6.98. The topological polar surface area (TPSA) is 64.3 Å². The van der Waals surface area contributed by atoms with Crippen molar-refractivity contribution in [2.75, 3.05) is 7.05 Å². The Morgan fingerprint density at radius 3 is 2.32 bits per heavy atom. The van der Waals surface area contributed by atoms with Crippen molar-refractivity contribution >= 4 is 5.91 Å². The summed E-state index contributed by atoms with van der Waals surface area (Å²) in [4.78, 5) is 11.5. The first kappa shape index (κ1) is 15.5. The van der Waals surface area contributed by atoms with Crippen molar-refractivity contribution in [1.82, 2.24) is 5.32 Å². The average molecular weight is 264 g/mol. The average Bonchev–Trinajstić information content (AvgIpc) is 2.26. The van der Waals surface area contributed by atoms with E-state index in [0.717, 1.165) is 16.9 Å². The predicted molar refractivity (Wildman–Crippen MR) is 77.3 cm³/mol. The Kier molecular flexibility index (Phi) is 4.95. The van der Waals surface area contributed by atoms with Crippen molar-refractivity contribution in [3.8, 4) is 5.75 Å². The van der Waals surface area contributed by atoms with Crippen LogP contribution in [0.25, 0.3) is 0 Å². The second-order valence-corrected chi connectivity index (χ2v) is 5.40. The molecule has 0 fully saturated rings. The molecule has 106 valence electrons. The quantitative estimate of drug-likeness (QED) is 0.825. The summed E-state index contributed by atoms with van der Waals surface area (Å²) in [6.07, 6.45) is 0.414. The molecule has 1 aromatic carbocycles. The van der Waals surface area contributed by atoms with Crippen LogP contribution in [-0.2, 0) is 4.79 Å². The van der Waals surface area contributed by atoms with Crippen molar-refractivity contribution in [2.45, 2.75) is 45.8 Å². The molecule has 3 N–H and O–H groups in total. The van der Waals surface area contributed by atoms with Gasteiger partial charge in [0.2, 0.25) is 5.91 Å². The number of hydrogen-bond donors (Lipinski definition) is 2. The lowest BCUT2D eigenvalue weighted by atomic mass is 9.94. The molecule has 1 rings (SSSR count). The standard InChI is InChI=1S/C15H24N2O2/c1-10-6-11(2)8-13(7-10)19-12(3)9-15(4,17-5)14(16)18/h6-8,12,17H,9H2,1-5H3,(H2,16,18). The van der Waals surface area contributed by atoms with Crippen LogP contribution in [0.4, 0.5) is 0 Å². The fourth-order valence-electron chi connectivity index (χ4n) is 2.18. The monoisotopic (exact) mass is 264 g/mol. The van der Waals surface area contributed by atoms with E-state index in [9.17, 15) is 4.79 Å². The van der Waals surface area contributed by atoms with Crippen LogP contribution >= 0.6 is 0 Å². The van der Waals surface area contributed by atoms with Crippen LogP contribution in [0.15, 0.2) is 18.2 Å². The number of carbonyl (C=O) groups excluding carboxylic acids is 1. The van der Waals surface area contributed by atoms with E-state index >= 15 is 0 Å². The zero-order chi connectivity index (χ0) is 14.6. The van der Waals surface area contributed by atoms with Crippen molar-refractivity contribution in [3.63, 3.8) is 0 Å². The molecule has 4 heteroatoms. The summed E-state index contributed by atoms with van der Waals surface area (Å²) in [7, 11) is 1.73. The highest BCUT2D eigenvalue weighted by Crippen LogP contribution is 2.21. The minimum absolute atomic E-state index is 0.105. The Bertz CT molecular complexity index is 439. The van der Waals surface area contributed by atoms with Crippen molar-refractivity contribution in [1.29, 1.82) is 0 Å². The molecule has 4 nitrogen and oxygen atoms in total. The first-order chi connectivity index (χ1) is 8.76. The molecular weight excluding hydrogens is 240 g/mol. The second-order valence-electron chi connectivity index (χ2n) is 5.40. The Morgan fingerprint density at radius 2 is 1.89 bits per heavy atom. The van der Waals surface area contributed by atoms with E-state index in [0.29, 0.717) is 6.42 Å². The number of hydrogen-bond acceptors (Lipinski definition) is 3.